The summed E-state index contributed by atoms with van der Waals surface area (Å²) in [4.78, 5) is 5.93. The van der Waals surface area contributed by atoms with Crippen LogP contribution in [0, 0.1) is 5.82 Å². The molecule has 4 nitrogen and oxygen atoms in total. The van der Waals surface area contributed by atoms with Crippen molar-refractivity contribution in [3.8, 4) is 0 Å². The predicted octanol–water partition coefficient (Wildman–Crippen LogP) is 2.06. The lowest BCUT2D eigenvalue weighted by atomic mass is 10.2. The predicted molar refractivity (Wildman–Crippen MR) is 90.1 cm³/mol. The maximum atomic E-state index is 13.5. The minimum atomic E-state index is -0.181. The molecule has 0 bridgehead atoms. The Hall–Kier alpha value is -1.05. The van der Waals surface area contributed by atoms with Gasteiger partial charge < -0.3 is 15.5 Å². The fourth-order valence-corrected chi connectivity index (χ4v) is 1.68. The van der Waals surface area contributed by atoms with Gasteiger partial charge in [0.2, 0.25) is 0 Å². The Kier molecular flexibility index (Phi) is 9.28. The van der Waals surface area contributed by atoms with E-state index in [4.69, 9.17) is 0 Å². The van der Waals surface area contributed by atoms with Crippen LogP contribution < -0.4 is 15.5 Å². The van der Waals surface area contributed by atoms with Crippen LogP contribution in [0.2, 0.25) is 0 Å². The highest BCUT2D eigenvalue weighted by atomic mass is 127. The first-order chi connectivity index (χ1) is 8.69. The third kappa shape index (κ3) is 6.09. The number of para-hydroxylation sites is 1. The van der Waals surface area contributed by atoms with Crippen molar-refractivity contribution < 1.29 is 4.39 Å². The summed E-state index contributed by atoms with van der Waals surface area (Å²) in [6, 6.07) is 6.81. The molecule has 1 aromatic carbocycles. The van der Waals surface area contributed by atoms with Gasteiger partial charge in [-0.15, -0.1) is 24.0 Å². The molecule has 0 saturated heterocycles. The van der Waals surface area contributed by atoms with Crippen LogP contribution in [0.25, 0.3) is 0 Å². The van der Waals surface area contributed by atoms with Crippen LogP contribution in [0.4, 0.5) is 10.1 Å². The van der Waals surface area contributed by atoms with Crippen molar-refractivity contribution in [3.05, 3.63) is 30.1 Å². The van der Waals surface area contributed by atoms with Gasteiger partial charge in [-0.05, 0) is 18.6 Å². The van der Waals surface area contributed by atoms with Crippen molar-refractivity contribution in [2.24, 2.45) is 4.99 Å². The highest BCUT2D eigenvalue weighted by molar-refractivity contribution is 14.0. The summed E-state index contributed by atoms with van der Waals surface area (Å²) >= 11 is 0. The molecule has 0 radical (unpaired) electrons. The second-order valence-electron chi connectivity index (χ2n) is 3.98. The van der Waals surface area contributed by atoms with Gasteiger partial charge in [-0.25, -0.2) is 4.39 Å². The third-order valence-electron chi connectivity index (χ3n) is 2.69. The van der Waals surface area contributed by atoms with E-state index in [0.29, 0.717) is 5.69 Å². The van der Waals surface area contributed by atoms with Crippen LogP contribution in [0.3, 0.4) is 0 Å². The van der Waals surface area contributed by atoms with Crippen LogP contribution >= 0.6 is 24.0 Å². The number of guanidine groups is 1. The van der Waals surface area contributed by atoms with Gasteiger partial charge in [-0.2, -0.15) is 0 Å². The van der Waals surface area contributed by atoms with Gasteiger partial charge in [0, 0.05) is 34.2 Å². The van der Waals surface area contributed by atoms with E-state index in [1.165, 1.54) is 6.07 Å². The molecule has 0 unspecified atom stereocenters. The normalized spacial score (nSPS) is 10.6. The molecular weight excluding hydrogens is 358 g/mol. The Morgan fingerprint density at radius 3 is 2.63 bits per heavy atom. The van der Waals surface area contributed by atoms with Crippen molar-refractivity contribution >= 4 is 35.6 Å². The maximum absolute atomic E-state index is 13.5. The first kappa shape index (κ1) is 17.9. The van der Waals surface area contributed by atoms with Crippen molar-refractivity contribution in [1.29, 1.82) is 0 Å². The van der Waals surface area contributed by atoms with Gasteiger partial charge in [0.15, 0.2) is 5.96 Å². The number of aliphatic imine (C=N–C) groups is 1. The molecule has 1 aromatic rings. The van der Waals surface area contributed by atoms with E-state index in [1.54, 1.807) is 19.2 Å². The zero-order valence-electron chi connectivity index (χ0n) is 11.6. The Labute approximate surface area is 131 Å². The summed E-state index contributed by atoms with van der Waals surface area (Å²) < 4.78 is 13.5. The minimum absolute atomic E-state index is 0. The van der Waals surface area contributed by atoms with E-state index < -0.39 is 0 Å². The molecule has 0 aliphatic heterocycles. The van der Waals surface area contributed by atoms with E-state index >= 15 is 0 Å². The second-order valence-corrected chi connectivity index (χ2v) is 3.98. The molecule has 1 rings (SSSR count). The Morgan fingerprint density at radius 1 is 1.37 bits per heavy atom. The smallest absolute Gasteiger partial charge is 0.190 e. The van der Waals surface area contributed by atoms with E-state index in [0.717, 1.165) is 25.5 Å². The summed E-state index contributed by atoms with van der Waals surface area (Å²) in [5.74, 6) is 0.586. The first-order valence-corrected chi connectivity index (χ1v) is 6.03. The summed E-state index contributed by atoms with van der Waals surface area (Å²) in [6.07, 6.45) is 0.908. The molecule has 0 fully saturated rings. The van der Waals surface area contributed by atoms with Crippen LogP contribution in [0.5, 0.6) is 0 Å². The zero-order chi connectivity index (χ0) is 13.4. The number of nitrogens with zero attached hydrogens (tertiary/aromatic N) is 2. The number of nitrogens with one attached hydrogen (secondary N) is 2. The second kappa shape index (κ2) is 9.82. The van der Waals surface area contributed by atoms with E-state index in [1.807, 2.05) is 25.1 Å². The Morgan fingerprint density at radius 2 is 2.05 bits per heavy atom. The molecule has 0 heterocycles. The number of benzene rings is 1. The van der Waals surface area contributed by atoms with E-state index in [-0.39, 0.29) is 29.8 Å². The molecule has 19 heavy (non-hydrogen) atoms. The fraction of sp³-hybridized carbons (Fsp3) is 0.462. The van der Waals surface area contributed by atoms with Crippen molar-refractivity contribution in [3.63, 3.8) is 0 Å². The van der Waals surface area contributed by atoms with Crippen LogP contribution in [0.1, 0.15) is 6.42 Å². The van der Waals surface area contributed by atoms with Crippen LogP contribution in [-0.4, -0.2) is 40.2 Å². The molecule has 0 saturated carbocycles. The molecule has 2 N–H and O–H groups in total. The molecule has 6 heteroatoms. The number of rotatable bonds is 5. The molecule has 0 aromatic heterocycles. The van der Waals surface area contributed by atoms with Crippen molar-refractivity contribution in [2.45, 2.75) is 6.42 Å². The summed E-state index contributed by atoms with van der Waals surface area (Å²) in [6.45, 7) is 1.58. The van der Waals surface area contributed by atoms with E-state index in [2.05, 4.69) is 15.6 Å². The molecule has 0 atom stereocenters. The lowest BCUT2D eigenvalue weighted by Crippen LogP contribution is -2.36. The Balaban J connectivity index is 0.00000324. The SMILES string of the molecule is CN=C(NC)NCCCN(C)c1ccccc1F.I. The zero-order valence-corrected chi connectivity index (χ0v) is 13.9. The molecule has 0 amide bonds. The number of anilines is 1. The Bertz CT molecular complexity index is 398. The molecule has 0 aliphatic rings. The van der Waals surface area contributed by atoms with Crippen LogP contribution in [-0.2, 0) is 0 Å². The minimum Gasteiger partial charge on any atom is -0.372 e. The molecule has 0 aliphatic carbocycles. The van der Waals surface area contributed by atoms with Gasteiger partial charge in [0.25, 0.3) is 0 Å². The fourth-order valence-electron chi connectivity index (χ4n) is 1.68. The largest absolute Gasteiger partial charge is 0.372 e. The topological polar surface area (TPSA) is 39.7 Å². The number of hydrogen-bond acceptors (Lipinski definition) is 2. The third-order valence-corrected chi connectivity index (χ3v) is 2.69. The molecule has 108 valence electrons. The van der Waals surface area contributed by atoms with Crippen LogP contribution in [0.15, 0.2) is 29.3 Å². The van der Waals surface area contributed by atoms with Crippen molar-refractivity contribution in [1.82, 2.24) is 10.6 Å². The number of hydrogen-bond donors (Lipinski definition) is 2. The lowest BCUT2D eigenvalue weighted by Gasteiger charge is -2.20. The number of halogens is 2. The van der Waals surface area contributed by atoms with Gasteiger partial charge in [-0.3, -0.25) is 4.99 Å². The highest BCUT2D eigenvalue weighted by Gasteiger charge is 2.05. The van der Waals surface area contributed by atoms with Gasteiger partial charge in [-0.1, -0.05) is 12.1 Å². The van der Waals surface area contributed by atoms with Gasteiger partial charge in [0.05, 0.1) is 5.69 Å². The summed E-state index contributed by atoms with van der Waals surface area (Å²) in [7, 11) is 5.44. The maximum Gasteiger partial charge on any atom is 0.190 e. The van der Waals surface area contributed by atoms with E-state index in [9.17, 15) is 4.39 Å². The quantitative estimate of drug-likeness (QED) is 0.356. The molecule has 0 spiro atoms. The average molecular weight is 380 g/mol. The standard InChI is InChI=1S/C13H21FN4.HI/c1-15-13(16-2)17-9-6-10-18(3)12-8-5-4-7-11(12)14;/h4-5,7-8H,6,9-10H2,1-3H3,(H2,15,16,17);1H. The van der Waals surface area contributed by atoms with Gasteiger partial charge >= 0.3 is 0 Å². The molecular formula is C13H22FIN4. The van der Waals surface area contributed by atoms with Gasteiger partial charge in [0.1, 0.15) is 5.82 Å². The highest BCUT2D eigenvalue weighted by Crippen LogP contribution is 2.16. The monoisotopic (exact) mass is 380 g/mol. The first-order valence-electron chi connectivity index (χ1n) is 6.03. The van der Waals surface area contributed by atoms with Crippen molar-refractivity contribution in [2.75, 3.05) is 39.1 Å². The lowest BCUT2D eigenvalue weighted by molar-refractivity contribution is 0.619. The summed E-state index contributed by atoms with van der Waals surface area (Å²) in [5, 5.41) is 6.10. The average Bonchev–Trinajstić information content (AvgIpc) is 2.39. The summed E-state index contributed by atoms with van der Waals surface area (Å²) in [5.41, 5.74) is 0.635.